The summed E-state index contributed by atoms with van der Waals surface area (Å²) in [4.78, 5) is 4.53. The van der Waals surface area contributed by atoms with Crippen molar-refractivity contribution in [2.45, 2.75) is 6.92 Å². The van der Waals surface area contributed by atoms with Gasteiger partial charge in [-0.05, 0) is 55.0 Å². The van der Waals surface area contributed by atoms with Crippen LogP contribution in [0.15, 0.2) is 59.1 Å². The van der Waals surface area contributed by atoms with Crippen molar-refractivity contribution in [3.05, 3.63) is 70.3 Å². The van der Waals surface area contributed by atoms with Gasteiger partial charge in [-0.3, -0.25) is 4.98 Å². The monoisotopic (exact) mass is 364 g/mol. The van der Waals surface area contributed by atoms with Crippen molar-refractivity contribution in [3.8, 4) is 34.2 Å². The number of rotatable bonds is 2. The number of phenols is 1. The SMILES string of the molecule is Cc1nc(-c2ccc(O)cc2)cc(-c2ccc(Br)cc2)c1C#N. The summed E-state index contributed by atoms with van der Waals surface area (Å²) < 4.78 is 0.990. The summed E-state index contributed by atoms with van der Waals surface area (Å²) in [5.74, 6) is 0.215. The van der Waals surface area contributed by atoms with Gasteiger partial charge in [-0.2, -0.15) is 5.26 Å². The van der Waals surface area contributed by atoms with Crippen molar-refractivity contribution < 1.29 is 5.11 Å². The van der Waals surface area contributed by atoms with Crippen LogP contribution in [0.4, 0.5) is 0 Å². The molecule has 2 aromatic carbocycles. The summed E-state index contributed by atoms with van der Waals surface area (Å²) in [5, 5.41) is 18.9. The average Bonchev–Trinajstić information content (AvgIpc) is 2.55. The second kappa shape index (κ2) is 6.23. The van der Waals surface area contributed by atoms with Gasteiger partial charge in [0.2, 0.25) is 0 Å². The van der Waals surface area contributed by atoms with Crippen LogP contribution in [0.3, 0.4) is 0 Å². The fourth-order valence-electron chi connectivity index (χ4n) is 2.45. The van der Waals surface area contributed by atoms with E-state index in [1.54, 1.807) is 12.1 Å². The highest BCUT2D eigenvalue weighted by molar-refractivity contribution is 9.10. The Morgan fingerprint density at radius 2 is 1.61 bits per heavy atom. The lowest BCUT2D eigenvalue weighted by Gasteiger charge is -2.11. The Labute approximate surface area is 143 Å². The summed E-state index contributed by atoms with van der Waals surface area (Å²) in [7, 11) is 0. The summed E-state index contributed by atoms with van der Waals surface area (Å²) in [6, 6.07) is 18.9. The molecule has 0 spiro atoms. The summed E-state index contributed by atoms with van der Waals surface area (Å²) >= 11 is 3.42. The highest BCUT2D eigenvalue weighted by atomic mass is 79.9. The quantitative estimate of drug-likeness (QED) is 0.690. The fraction of sp³-hybridized carbons (Fsp3) is 0.0526. The number of aromatic hydroxyl groups is 1. The van der Waals surface area contributed by atoms with E-state index in [2.05, 4.69) is 27.0 Å². The number of benzene rings is 2. The molecule has 3 rings (SSSR count). The molecule has 0 amide bonds. The molecule has 4 heteroatoms. The second-order valence-electron chi connectivity index (χ2n) is 5.18. The van der Waals surface area contributed by atoms with Crippen molar-refractivity contribution in [1.82, 2.24) is 4.98 Å². The molecular formula is C19H13BrN2O. The first-order valence-corrected chi connectivity index (χ1v) is 7.85. The number of nitrogens with zero attached hydrogens (tertiary/aromatic N) is 2. The summed E-state index contributed by atoms with van der Waals surface area (Å²) in [6.45, 7) is 1.84. The highest BCUT2D eigenvalue weighted by Gasteiger charge is 2.12. The van der Waals surface area contributed by atoms with Gasteiger partial charge in [0.15, 0.2) is 0 Å². The molecule has 0 radical (unpaired) electrons. The van der Waals surface area contributed by atoms with Crippen LogP contribution in [0, 0.1) is 18.3 Å². The molecule has 0 aliphatic rings. The highest BCUT2D eigenvalue weighted by Crippen LogP contribution is 2.31. The molecule has 112 valence electrons. The molecule has 1 N–H and O–H groups in total. The number of nitriles is 1. The Morgan fingerprint density at radius 1 is 1.00 bits per heavy atom. The Kier molecular flexibility index (Phi) is 4.14. The van der Waals surface area contributed by atoms with Crippen LogP contribution in [0.2, 0.25) is 0 Å². The third kappa shape index (κ3) is 3.10. The topological polar surface area (TPSA) is 56.9 Å². The zero-order chi connectivity index (χ0) is 16.4. The molecule has 1 aromatic heterocycles. The number of hydrogen-bond donors (Lipinski definition) is 1. The van der Waals surface area contributed by atoms with Gasteiger partial charge in [0.1, 0.15) is 11.8 Å². The van der Waals surface area contributed by atoms with E-state index in [0.29, 0.717) is 11.3 Å². The van der Waals surface area contributed by atoms with Crippen molar-refractivity contribution in [1.29, 1.82) is 5.26 Å². The van der Waals surface area contributed by atoms with Gasteiger partial charge >= 0.3 is 0 Å². The summed E-state index contributed by atoms with van der Waals surface area (Å²) in [6.07, 6.45) is 0. The third-order valence-electron chi connectivity index (χ3n) is 3.63. The summed E-state index contributed by atoms with van der Waals surface area (Å²) in [5.41, 5.74) is 4.77. The van der Waals surface area contributed by atoms with E-state index in [0.717, 1.165) is 26.9 Å². The smallest absolute Gasteiger partial charge is 0.115 e. The first kappa shape index (κ1) is 15.3. The predicted molar refractivity (Wildman–Crippen MR) is 93.9 cm³/mol. The molecule has 1 heterocycles. The van der Waals surface area contributed by atoms with Gasteiger partial charge in [-0.15, -0.1) is 0 Å². The van der Waals surface area contributed by atoms with Gasteiger partial charge in [0.05, 0.1) is 17.0 Å². The predicted octanol–water partition coefficient (Wildman–Crippen LogP) is 5.06. The minimum atomic E-state index is 0.215. The minimum Gasteiger partial charge on any atom is -0.508 e. The average molecular weight is 365 g/mol. The van der Waals surface area contributed by atoms with E-state index >= 15 is 0 Å². The Bertz CT molecular complexity index is 894. The number of pyridine rings is 1. The standard InChI is InChI=1S/C19H13BrN2O/c1-12-18(11-21)17(13-2-6-15(20)7-3-13)10-19(22-12)14-4-8-16(23)9-5-14/h2-10,23H,1H3. The molecule has 0 aliphatic carbocycles. The Balaban J connectivity index is 2.20. The lowest BCUT2D eigenvalue weighted by atomic mass is 9.97. The molecule has 23 heavy (non-hydrogen) atoms. The molecule has 0 atom stereocenters. The van der Waals surface area contributed by atoms with E-state index in [4.69, 9.17) is 0 Å². The van der Waals surface area contributed by atoms with Crippen molar-refractivity contribution in [2.24, 2.45) is 0 Å². The maximum absolute atomic E-state index is 9.48. The molecular weight excluding hydrogens is 352 g/mol. The maximum atomic E-state index is 9.48. The van der Waals surface area contributed by atoms with Crippen molar-refractivity contribution >= 4 is 15.9 Å². The second-order valence-corrected chi connectivity index (χ2v) is 6.10. The van der Waals surface area contributed by atoms with Crippen LogP contribution in [-0.2, 0) is 0 Å². The van der Waals surface area contributed by atoms with Gasteiger partial charge in [-0.1, -0.05) is 28.1 Å². The number of aryl methyl sites for hydroxylation is 1. The van der Waals surface area contributed by atoms with Gasteiger partial charge in [-0.25, -0.2) is 0 Å². The lowest BCUT2D eigenvalue weighted by Crippen LogP contribution is -1.96. The van der Waals surface area contributed by atoms with Crippen molar-refractivity contribution in [3.63, 3.8) is 0 Å². The van der Waals surface area contributed by atoms with Crippen LogP contribution in [0.1, 0.15) is 11.3 Å². The van der Waals surface area contributed by atoms with E-state index in [1.807, 2.05) is 49.4 Å². The molecule has 0 saturated carbocycles. The van der Waals surface area contributed by atoms with Crippen LogP contribution in [-0.4, -0.2) is 10.1 Å². The number of aromatic nitrogens is 1. The molecule has 0 bridgehead atoms. The van der Waals surface area contributed by atoms with Crippen LogP contribution in [0.5, 0.6) is 5.75 Å². The number of phenolic OH excluding ortho intramolecular Hbond substituents is 1. The van der Waals surface area contributed by atoms with Gasteiger partial charge in [0.25, 0.3) is 0 Å². The normalized spacial score (nSPS) is 10.3. The first-order valence-electron chi connectivity index (χ1n) is 7.05. The largest absolute Gasteiger partial charge is 0.508 e. The minimum absolute atomic E-state index is 0.215. The van der Waals surface area contributed by atoms with Crippen LogP contribution >= 0.6 is 15.9 Å². The molecule has 0 aliphatic heterocycles. The third-order valence-corrected chi connectivity index (χ3v) is 4.16. The van der Waals surface area contributed by atoms with E-state index in [1.165, 1.54) is 0 Å². The molecule has 0 saturated heterocycles. The zero-order valence-electron chi connectivity index (χ0n) is 12.4. The van der Waals surface area contributed by atoms with E-state index in [-0.39, 0.29) is 5.75 Å². The number of halogens is 1. The van der Waals surface area contributed by atoms with Gasteiger partial charge < -0.3 is 5.11 Å². The maximum Gasteiger partial charge on any atom is 0.115 e. The first-order chi connectivity index (χ1) is 11.1. The number of hydrogen-bond acceptors (Lipinski definition) is 3. The lowest BCUT2D eigenvalue weighted by molar-refractivity contribution is 0.475. The Hall–Kier alpha value is -2.64. The zero-order valence-corrected chi connectivity index (χ0v) is 14.0. The Morgan fingerprint density at radius 3 is 2.22 bits per heavy atom. The molecule has 3 nitrogen and oxygen atoms in total. The van der Waals surface area contributed by atoms with E-state index < -0.39 is 0 Å². The molecule has 0 unspecified atom stereocenters. The van der Waals surface area contributed by atoms with Gasteiger partial charge in [0, 0.05) is 15.6 Å². The van der Waals surface area contributed by atoms with E-state index in [9.17, 15) is 10.4 Å². The van der Waals surface area contributed by atoms with Crippen molar-refractivity contribution in [2.75, 3.05) is 0 Å². The van der Waals surface area contributed by atoms with Crippen LogP contribution in [0.25, 0.3) is 22.4 Å². The van der Waals surface area contributed by atoms with Crippen LogP contribution < -0.4 is 0 Å². The molecule has 3 aromatic rings. The fourth-order valence-corrected chi connectivity index (χ4v) is 2.72. The molecule has 0 fully saturated rings.